The molecule has 6 nitrogen and oxygen atoms in total. The van der Waals surface area contributed by atoms with Crippen molar-refractivity contribution in [3.05, 3.63) is 90.5 Å². The molecule has 1 atom stereocenters. The van der Waals surface area contributed by atoms with E-state index in [1.165, 1.54) is 0 Å². The monoisotopic (exact) mass is 413 g/mol. The van der Waals surface area contributed by atoms with Gasteiger partial charge in [0.15, 0.2) is 0 Å². The SMILES string of the molecule is CCC1(c2ccccc2)NC(=O)N(CC(=O)Nc2ccccc2-c2ccccc2)C1=O. The quantitative estimate of drug-likeness (QED) is 0.596. The van der Waals surface area contributed by atoms with Crippen molar-refractivity contribution in [3.8, 4) is 11.1 Å². The Labute approximate surface area is 180 Å². The lowest BCUT2D eigenvalue weighted by atomic mass is 9.87. The summed E-state index contributed by atoms with van der Waals surface area (Å²) in [5.74, 6) is -0.857. The maximum absolute atomic E-state index is 13.2. The molecule has 1 saturated heterocycles. The zero-order chi connectivity index (χ0) is 21.8. The Hall–Kier alpha value is -3.93. The molecule has 6 heteroatoms. The minimum Gasteiger partial charge on any atom is -0.324 e. The Kier molecular flexibility index (Phi) is 5.54. The summed E-state index contributed by atoms with van der Waals surface area (Å²) in [4.78, 5) is 39.6. The lowest BCUT2D eigenvalue weighted by Gasteiger charge is -2.25. The van der Waals surface area contributed by atoms with E-state index in [1.807, 2.05) is 73.7 Å². The van der Waals surface area contributed by atoms with Crippen molar-refractivity contribution in [2.24, 2.45) is 0 Å². The minimum atomic E-state index is -1.15. The standard InChI is InChI=1S/C25H23N3O3/c1-2-25(19-13-7-4-8-14-19)23(30)28(24(31)27-25)17-22(29)26-21-16-10-9-15-20(21)18-11-5-3-6-12-18/h3-16H,2,17H2,1H3,(H,26,29)(H,27,31). The molecule has 4 amide bonds. The van der Waals surface area contributed by atoms with Gasteiger partial charge in [-0.15, -0.1) is 0 Å². The van der Waals surface area contributed by atoms with Crippen LogP contribution in [-0.4, -0.2) is 29.3 Å². The van der Waals surface area contributed by atoms with Gasteiger partial charge in [-0.3, -0.25) is 14.5 Å². The summed E-state index contributed by atoms with van der Waals surface area (Å²) in [7, 11) is 0. The van der Waals surface area contributed by atoms with Gasteiger partial charge in [0.2, 0.25) is 5.91 Å². The fourth-order valence-electron chi connectivity index (χ4n) is 3.93. The second-order valence-electron chi connectivity index (χ2n) is 7.41. The second-order valence-corrected chi connectivity index (χ2v) is 7.41. The third kappa shape index (κ3) is 3.80. The first-order valence-electron chi connectivity index (χ1n) is 10.2. The third-order valence-corrected chi connectivity index (χ3v) is 5.56. The topological polar surface area (TPSA) is 78.5 Å². The fourth-order valence-corrected chi connectivity index (χ4v) is 3.93. The van der Waals surface area contributed by atoms with Crippen molar-refractivity contribution in [1.29, 1.82) is 0 Å². The van der Waals surface area contributed by atoms with Gasteiger partial charge in [0.1, 0.15) is 12.1 Å². The molecule has 0 saturated carbocycles. The Balaban J connectivity index is 1.54. The van der Waals surface area contributed by atoms with Crippen LogP contribution in [0.2, 0.25) is 0 Å². The molecule has 0 radical (unpaired) electrons. The van der Waals surface area contributed by atoms with Crippen LogP contribution in [0.1, 0.15) is 18.9 Å². The average Bonchev–Trinajstić information content (AvgIpc) is 3.05. The van der Waals surface area contributed by atoms with Crippen LogP contribution in [0.3, 0.4) is 0 Å². The molecule has 1 fully saturated rings. The Morgan fingerprint density at radius 1 is 0.903 bits per heavy atom. The summed E-state index contributed by atoms with van der Waals surface area (Å²) >= 11 is 0. The number of carbonyl (C=O) groups excluding carboxylic acids is 3. The first kappa shape index (κ1) is 20.3. The summed E-state index contributed by atoms with van der Waals surface area (Å²) in [6.45, 7) is 1.48. The van der Waals surface area contributed by atoms with Crippen LogP contribution in [0.5, 0.6) is 0 Å². The first-order valence-corrected chi connectivity index (χ1v) is 10.2. The Bertz CT molecular complexity index is 1120. The number of carbonyl (C=O) groups is 3. The highest BCUT2D eigenvalue weighted by atomic mass is 16.2. The molecule has 1 aliphatic rings. The third-order valence-electron chi connectivity index (χ3n) is 5.56. The van der Waals surface area contributed by atoms with Crippen molar-refractivity contribution in [1.82, 2.24) is 10.2 Å². The van der Waals surface area contributed by atoms with E-state index in [4.69, 9.17) is 0 Å². The van der Waals surface area contributed by atoms with Crippen molar-refractivity contribution in [2.75, 3.05) is 11.9 Å². The molecule has 0 aromatic heterocycles. The molecule has 156 valence electrons. The summed E-state index contributed by atoms with van der Waals surface area (Å²) < 4.78 is 0. The van der Waals surface area contributed by atoms with E-state index in [0.717, 1.165) is 16.0 Å². The number of nitrogens with one attached hydrogen (secondary N) is 2. The Morgan fingerprint density at radius 2 is 1.52 bits per heavy atom. The molecule has 1 heterocycles. The van der Waals surface area contributed by atoms with E-state index in [0.29, 0.717) is 17.7 Å². The molecule has 1 unspecified atom stereocenters. The number of para-hydroxylation sites is 1. The lowest BCUT2D eigenvalue weighted by molar-refractivity contribution is -0.134. The van der Waals surface area contributed by atoms with Crippen molar-refractivity contribution in [3.63, 3.8) is 0 Å². The van der Waals surface area contributed by atoms with Crippen LogP contribution in [0.4, 0.5) is 10.5 Å². The van der Waals surface area contributed by atoms with Crippen molar-refractivity contribution < 1.29 is 14.4 Å². The molecule has 4 rings (SSSR count). The number of nitrogens with zero attached hydrogens (tertiary/aromatic N) is 1. The van der Waals surface area contributed by atoms with Gasteiger partial charge >= 0.3 is 6.03 Å². The summed E-state index contributed by atoms with van der Waals surface area (Å²) in [6, 6.07) is 25.7. The number of rotatable bonds is 6. The molecule has 2 N–H and O–H groups in total. The van der Waals surface area contributed by atoms with Gasteiger partial charge in [0.05, 0.1) is 0 Å². The smallest absolute Gasteiger partial charge is 0.324 e. The number of amides is 4. The molecule has 3 aromatic rings. The summed E-state index contributed by atoms with van der Waals surface area (Å²) in [6.07, 6.45) is 0.385. The lowest BCUT2D eigenvalue weighted by Crippen LogP contribution is -2.44. The van der Waals surface area contributed by atoms with Gasteiger partial charge in [-0.05, 0) is 23.6 Å². The maximum atomic E-state index is 13.2. The van der Waals surface area contributed by atoms with Gasteiger partial charge in [-0.2, -0.15) is 0 Å². The number of hydrogen-bond acceptors (Lipinski definition) is 3. The number of urea groups is 1. The number of anilines is 1. The fraction of sp³-hybridized carbons (Fsp3) is 0.160. The highest BCUT2D eigenvalue weighted by Gasteiger charge is 2.51. The number of hydrogen-bond donors (Lipinski definition) is 2. The molecule has 3 aromatic carbocycles. The van der Waals surface area contributed by atoms with Gasteiger partial charge in [-0.25, -0.2) is 4.79 Å². The van der Waals surface area contributed by atoms with Crippen LogP contribution < -0.4 is 10.6 Å². The van der Waals surface area contributed by atoms with E-state index >= 15 is 0 Å². The Morgan fingerprint density at radius 3 is 2.19 bits per heavy atom. The molecule has 0 bridgehead atoms. The summed E-state index contributed by atoms with van der Waals surface area (Å²) in [5, 5.41) is 5.65. The largest absolute Gasteiger partial charge is 0.325 e. The van der Waals surface area contributed by atoms with Gasteiger partial charge in [0, 0.05) is 11.3 Å². The van der Waals surface area contributed by atoms with E-state index in [-0.39, 0.29) is 6.54 Å². The molecular formula is C25H23N3O3. The predicted molar refractivity (Wildman–Crippen MR) is 119 cm³/mol. The van der Waals surface area contributed by atoms with E-state index in [2.05, 4.69) is 10.6 Å². The van der Waals surface area contributed by atoms with E-state index < -0.39 is 23.4 Å². The van der Waals surface area contributed by atoms with Crippen LogP contribution in [0.25, 0.3) is 11.1 Å². The maximum Gasteiger partial charge on any atom is 0.325 e. The molecule has 0 spiro atoms. The molecular weight excluding hydrogens is 390 g/mol. The first-order chi connectivity index (χ1) is 15.0. The predicted octanol–water partition coefficient (Wildman–Crippen LogP) is 4.15. The second kappa shape index (κ2) is 8.44. The number of imide groups is 1. The zero-order valence-corrected chi connectivity index (χ0v) is 17.2. The van der Waals surface area contributed by atoms with Crippen LogP contribution >= 0.6 is 0 Å². The van der Waals surface area contributed by atoms with Crippen LogP contribution in [0, 0.1) is 0 Å². The van der Waals surface area contributed by atoms with E-state index in [1.54, 1.807) is 18.2 Å². The van der Waals surface area contributed by atoms with Crippen molar-refractivity contribution in [2.45, 2.75) is 18.9 Å². The van der Waals surface area contributed by atoms with Gasteiger partial charge in [0.25, 0.3) is 5.91 Å². The van der Waals surface area contributed by atoms with Gasteiger partial charge in [-0.1, -0.05) is 85.8 Å². The van der Waals surface area contributed by atoms with Gasteiger partial charge < -0.3 is 10.6 Å². The minimum absolute atomic E-state index is 0.359. The van der Waals surface area contributed by atoms with Crippen LogP contribution in [-0.2, 0) is 15.1 Å². The van der Waals surface area contributed by atoms with Crippen molar-refractivity contribution >= 4 is 23.5 Å². The highest BCUT2D eigenvalue weighted by molar-refractivity contribution is 6.10. The average molecular weight is 413 g/mol. The summed E-state index contributed by atoms with van der Waals surface area (Å²) in [5.41, 5.74) is 1.99. The molecule has 31 heavy (non-hydrogen) atoms. The van der Waals surface area contributed by atoms with Crippen LogP contribution in [0.15, 0.2) is 84.9 Å². The highest BCUT2D eigenvalue weighted by Crippen LogP contribution is 2.32. The van der Waals surface area contributed by atoms with E-state index in [9.17, 15) is 14.4 Å². The molecule has 1 aliphatic heterocycles. The zero-order valence-electron chi connectivity index (χ0n) is 17.2. The number of benzene rings is 3. The normalized spacial score (nSPS) is 18.0. The molecule has 0 aliphatic carbocycles.